The lowest BCUT2D eigenvalue weighted by Crippen LogP contribution is -2.42. The molecule has 0 aliphatic heterocycles. The van der Waals surface area contributed by atoms with E-state index in [1.54, 1.807) is 13.8 Å². The number of rotatable bonds is 5. The Morgan fingerprint density at radius 2 is 1.74 bits per heavy atom. The van der Waals surface area contributed by atoms with Gasteiger partial charge in [-0.15, -0.1) is 0 Å². The highest BCUT2D eigenvalue weighted by molar-refractivity contribution is 6.30. The zero-order valence-corrected chi connectivity index (χ0v) is 13.8. The smallest absolute Gasteiger partial charge is 0.342 e. The summed E-state index contributed by atoms with van der Waals surface area (Å²) >= 11 is 5.63. The van der Waals surface area contributed by atoms with Crippen LogP contribution in [0, 0.1) is 0 Å². The Kier molecular flexibility index (Phi) is 6.44. The van der Waals surface area contributed by atoms with E-state index in [-0.39, 0.29) is 10.7 Å². The van der Waals surface area contributed by atoms with Gasteiger partial charge in [0.1, 0.15) is 6.54 Å². The van der Waals surface area contributed by atoms with E-state index < -0.39 is 30.1 Å². The number of hydrogen-bond acceptors (Lipinski definition) is 2. The Labute approximate surface area is 137 Å². The number of amides is 2. The minimum absolute atomic E-state index is 0.0975. The molecule has 0 unspecified atom stereocenters. The third-order valence-corrected chi connectivity index (χ3v) is 3.58. The summed E-state index contributed by atoms with van der Waals surface area (Å²) in [6.07, 6.45) is -4.69. The maximum Gasteiger partial charge on any atom is 0.418 e. The molecule has 0 radical (unpaired) electrons. The zero-order chi connectivity index (χ0) is 17.8. The van der Waals surface area contributed by atoms with Crippen molar-refractivity contribution in [1.82, 2.24) is 4.90 Å². The lowest BCUT2D eigenvalue weighted by Gasteiger charge is -2.27. The normalized spacial score (nSPS) is 11.3. The zero-order valence-electron chi connectivity index (χ0n) is 13.1. The summed E-state index contributed by atoms with van der Waals surface area (Å²) < 4.78 is 39.6. The van der Waals surface area contributed by atoms with Crippen LogP contribution >= 0.6 is 11.6 Å². The number of carbonyl (C=O) groups excluding carboxylic acids is 2. The number of benzene rings is 1. The lowest BCUT2D eigenvalue weighted by atomic mass is 10.1. The molecule has 0 bridgehead atoms. The van der Waals surface area contributed by atoms with Crippen LogP contribution in [0.25, 0.3) is 0 Å². The van der Waals surface area contributed by atoms with Gasteiger partial charge >= 0.3 is 6.18 Å². The van der Waals surface area contributed by atoms with Crippen LogP contribution in [-0.4, -0.2) is 36.3 Å². The van der Waals surface area contributed by atoms with Crippen LogP contribution in [0.2, 0.25) is 5.02 Å². The topological polar surface area (TPSA) is 40.6 Å². The number of nitrogens with zero attached hydrogens (tertiary/aromatic N) is 2. The first kappa shape index (κ1) is 19.3. The molecule has 0 atom stereocenters. The van der Waals surface area contributed by atoms with Gasteiger partial charge in [-0.2, -0.15) is 13.2 Å². The van der Waals surface area contributed by atoms with E-state index in [0.717, 1.165) is 24.0 Å². The number of alkyl halides is 3. The van der Waals surface area contributed by atoms with Gasteiger partial charge in [0, 0.05) is 25.0 Å². The van der Waals surface area contributed by atoms with Gasteiger partial charge in [-0.05, 0) is 32.0 Å². The van der Waals surface area contributed by atoms with Crippen LogP contribution in [0.5, 0.6) is 0 Å². The van der Waals surface area contributed by atoms with Crippen molar-refractivity contribution < 1.29 is 22.8 Å². The highest BCUT2D eigenvalue weighted by atomic mass is 35.5. The summed E-state index contributed by atoms with van der Waals surface area (Å²) in [4.78, 5) is 26.2. The van der Waals surface area contributed by atoms with Crippen LogP contribution in [0.15, 0.2) is 18.2 Å². The van der Waals surface area contributed by atoms with Gasteiger partial charge in [-0.1, -0.05) is 11.6 Å². The van der Waals surface area contributed by atoms with Gasteiger partial charge in [0.2, 0.25) is 11.8 Å². The summed E-state index contributed by atoms with van der Waals surface area (Å²) in [5.74, 6) is -1.08. The van der Waals surface area contributed by atoms with Crippen molar-refractivity contribution in [2.75, 3.05) is 24.5 Å². The molecule has 0 heterocycles. The number of halogens is 4. The Balaban J connectivity index is 3.27. The van der Waals surface area contributed by atoms with Crippen molar-refractivity contribution in [2.24, 2.45) is 0 Å². The van der Waals surface area contributed by atoms with E-state index >= 15 is 0 Å². The maximum absolute atomic E-state index is 13.2. The fraction of sp³-hybridized carbons (Fsp3) is 0.467. The fourth-order valence-corrected chi connectivity index (χ4v) is 2.32. The Bertz CT molecular complexity index is 587. The molecule has 0 N–H and O–H groups in total. The molecule has 4 nitrogen and oxygen atoms in total. The standard InChI is InChI=1S/C15H18ClF3N2O2/c1-4-20(5-2)14(23)9-21(10(3)22)13-7-6-11(16)8-12(13)15(17,18)19/h6-8H,4-5,9H2,1-3H3. The molecule has 1 rings (SSSR count). The second-order valence-corrected chi connectivity index (χ2v) is 5.27. The summed E-state index contributed by atoms with van der Waals surface area (Å²) in [5.41, 5.74) is -1.43. The summed E-state index contributed by atoms with van der Waals surface area (Å²) in [5, 5.41) is -0.0975. The van der Waals surface area contributed by atoms with Crippen molar-refractivity contribution in [3.05, 3.63) is 28.8 Å². The second kappa shape index (κ2) is 7.68. The molecule has 0 aliphatic carbocycles. The van der Waals surface area contributed by atoms with Crippen LogP contribution in [-0.2, 0) is 15.8 Å². The van der Waals surface area contributed by atoms with Gasteiger partial charge < -0.3 is 9.80 Å². The first-order valence-corrected chi connectivity index (χ1v) is 7.42. The number of carbonyl (C=O) groups is 2. The van der Waals surface area contributed by atoms with Gasteiger partial charge in [-0.25, -0.2) is 0 Å². The molecule has 128 valence electrons. The number of anilines is 1. The predicted molar refractivity (Wildman–Crippen MR) is 82.4 cm³/mol. The molecule has 23 heavy (non-hydrogen) atoms. The molecule has 0 spiro atoms. The van der Waals surface area contributed by atoms with Gasteiger partial charge in [0.15, 0.2) is 0 Å². The Hall–Kier alpha value is -1.76. The van der Waals surface area contributed by atoms with Crippen molar-refractivity contribution in [1.29, 1.82) is 0 Å². The minimum Gasteiger partial charge on any atom is -0.342 e. The number of likely N-dealkylation sites (N-methyl/N-ethyl adjacent to an activating group) is 1. The molecule has 1 aromatic rings. The van der Waals surface area contributed by atoms with Gasteiger partial charge in [0.25, 0.3) is 0 Å². The lowest BCUT2D eigenvalue weighted by molar-refractivity contribution is -0.137. The Morgan fingerprint density at radius 3 is 2.17 bits per heavy atom. The molecule has 8 heteroatoms. The van der Waals surface area contributed by atoms with E-state index in [1.807, 2.05) is 0 Å². The van der Waals surface area contributed by atoms with Gasteiger partial charge in [-0.3, -0.25) is 9.59 Å². The molecule has 0 aliphatic rings. The summed E-state index contributed by atoms with van der Waals surface area (Å²) in [6.45, 7) is 4.99. The summed E-state index contributed by atoms with van der Waals surface area (Å²) in [6, 6.07) is 3.10. The third-order valence-electron chi connectivity index (χ3n) is 3.34. The van der Waals surface area contributed by atoms with Crippen LogP contribution in [0.4, 0.5) is 18.9 Å². The molecule has 0 saturated carbocycles. The van der Waals surface area contributed by atoms with Crippen molar-refractivity contribution in [3.8, 4) is 0 Å². The first-order valence-electron chi connectivity index (χ1n) is 7.04. The Morgan fingerprint density at radius 1 is 1.17 bits per heavy atom. The van der Waals surface area contributed by atoms with E-state index in [9.17, 15) is 22.8 Å². The van der Waals surface area contributed by atoms with E-state index in [4.69, 9.17) is 11.6 Å². The molecule has 2 amide bonds. The SMILES string of the molecule is CCN(CC)C(=O)CN(C(C)=O)c1ccc(Cl)cc1C(F)(F)F. The van der Waals surface area contributed by atoms with Crippen LogP contribution in [0.1, 0.15) is 26.3 Å². The van der Waals surface area contributed by atoms with Crippen molar-refractivity contribution in [2.45, 2.75) is 26.9 Å². The molecule has 0 aromatic heterocycles. The van der Waals surface area contributed by atoms with E-state index in [2.05, 4.69) is 0 Å². The van der Waals surface area contributed by atoms with E-state index in [0.29, 0.717) is 13.1 Å². The second-order valence-electron chi connectivity index (χ2n) is 4.83. The van der Waals surface area contributed by atoms with E-state index in [1.165, 1.54) is 11.0 Å². The summed E-state index contributed by atoms with van der Waals surface area (Å²) in [7, 11) is 0. The largest absolute Gasteiger partial charge is 0.418 e. The first-order chi connectivity index (χ1) is 10.6. The molecule has 0 fully saturated rings. The highest BCUT2D eigenvalue weighted by Crippen LogP contribution is 2.38. The minimum atomic E-state index is -4.69. The monoisotopic (exact) mass is 350 g/mol. The molecular weight excluding hydrogens is 333 g/mol. The molecular formula is C15H18ClF3N2O2. The van der Waals surface area contributed by atoms with Crippen LogP contribution < -0.4 is 4.90 Å². The quantitative estimate of drug-likeness (QED) is 0.814. The molecule has 1 aromatic carbocycles. The number of hydrogen-bond donors (Lipinski definition) is 0. The van der Waals surface area contributed by atoms with Crippen molar-refractivity contribution >= 4 is 29.1 Å². The third kappa shape index (κ3) is 4.86. The highest BCUT2D eigenvalue weighted by Gasteiger charge is 2.36. The average molecular weight is 351 g/mol. The predicted octanol–water partition coefficient (Wildman–Crippen LogP) is 3.58. The van der Waals surface area contributed by atoms with Gasteiger partial charge in [0.05, 0.1) is 11.3 Å². The fourth-order valence-electron chi connectivity index (χ4n) is 2.15. The average Bonchev–Trinajstić information content (AvgIpc) is 2.45. The molecule has 0 saturated heterocycles. The van der Waals surface area contributed by atoms with Crippen molar-refractivity contribution in [3.63, 3.8) is 0 Å². The van der Waals surface area contributed by atoms with Crippen LogP contribution in [0.3, 0.4) is 0 Å². The maximum atomic E-state index is 13.2.